The van der Waals surface area contributed by atoms with E-state index in [1.807, 2.05) is 26.0 Å². The molecule has 20 heavy (non-hydrogen) atoms. The van der Waals surface area contributed by atoms with Gasteiger partial charge in [-0.15, -0.1) is 0 Å². The van der Waals surface area contributed by atoms with Gasteiger partial charge in [0.15, 0.2) is 0 Å². The van der Waals surface area contributed by atoms with Crippen LogP contribution in [0.2, 0.25) is 0 Å². The molecule has 1 rings (SSSR count). The Bertz CT molecular complexity index is 469. The largest absolute Gasteiger partial charge is 0.444 e. The normalized spacial score (nSPS) is 12.7. The van der Waals surface area contributed by atoms with Crippen molar-refractivity contribution in [1.29, 1.82) is 0 Å². The third-order valence-electron chi connectivity index (χ3n) is 2.67. The third-order valence-corrected chi connectivity index (χ3v) is 2.67. The molecule has 1 atom stereocenters. The van der Waals surface area contributed by atoms with E-state index < -0.39 is 11.7 Å². The number of hydrogen-bond donors (Lipinski definition) is 1. The van der Waals surface area contributed by atoms with E-state index in [1.54, 1.807) is 20.8 Å². The van der Waals surface area contributed by atoms with Crippen LogP contribution >= 0.6 is 0 Å². The third kappa shape index (κ3) is 5.43. The number of hydrogen-bond acceptors (Lipinski definition) is 3. The molecule has 0 unspecified atom stereocenters. The van der Waals surface area contributed by atoms with Gasteiger partial charge in [-0.1, -0.05) is 29.3 Å². The van der Waals surface area contributed by atoms with E-state index in [0.29, 0.717) is 0 Å². The molecule has 1 aromatic rings. The Kier molecular flexibility index (Phi) is 5.31. The van der Waals surface area contributed by atoms with Crippen LogP contribution in [0, 0.1) is 13.8 Å². The zero-order valence-corrected chi connectivity index (χ0v) is 12.8. The molecule has 0 heterocycles. The lowest BCUT2D eigenvalue weighted by atomic mass is 9.99. The summed E-state index contributed by atoms with van der Waals surface area (Å²) in [6.45, 7) is 9.39. The number of nitrogens with one attached hydrogen (secondary N) is 1. The zero-order valence-electron chi connectivity index (χ0n) is 12.8. The number of ether oxygens (including phenoxy) is 1. The number of carbonyl (C=O) groups excluding carboxylic acids is 2. The van der Waals surface area contributed by atoms with Crippen molar-refractivity contribution in [1.82, 2.24) is 5.32 Å². The van der Waals surface area contributed by atoms with Crippen LogP contribution in [0.25, 0.3) is 0 Å². The molecule has 0 saturated heterocycles. The highest BCUT2D eigenvalue weighted by Crippen LogP contribution is 2.20. The first-order valence-corrected chi connectivity index (χ1v) is 6.72. The van der Waals surface area contributed by atoms with E-state index in [0.717, 1.165) is 23.0 Å². The molecule has 0 spiro atoms. The summed E-state index contributed by atoms with van der Waals surface area (Å²) in [7, 11) is 0. The van der Waals surface area contributed by atoms with Crippen LogP contribution in [0.3, 0.4) is 0 Å². The van der Waals surface area contributed by atoms with Gasteiger partial charge in [0.25, 0.3) is 0 Å². The van der Waals surface area contributed by atoms with Gasteiger partial charge >= 0.3 is 6.09 Å². The molecule has 1 aromatic carbocycles. The minimum absolute atomic E-state index is 0.224. The molecule has 0 aromatic heterocycles. The first kappa shape index (κ1) is 16.2. The molecule has 0 aliphatic rings. The molecule has 0 fully saturated rings. The monoisotopic (exact) mass is 277 g/mol. The number of alkyl carbamates (subject to hydrolysis) is 1. The number of carbonyl (C=O) groups is 2. The highest BCUT2D eigenvalue weighted by atomic mass is 16.6. The Hall–Kier alpha value is -1.84. The summed E-state index contributed by atoms with van der Waals surface area (Å²) in [6.07, 6.45) is 0.519. The summed E-state index contributed by atoms with van der Waals surface area (Å²) >= 11 is 0. The Morgan fingerprint density at radius 3 is 2.25 bits per heavy atom. The molecule has 0 bridgehead atoms. The number of rotatable bonds is 4. The van der Waals surface area contributed by atoms with Gasteiger partial charge < -0.3 is 14.8 Å². The van der Waals surface area contributed by atoms with E-state index in [2.05, 4.69) is 11.4 Å². The highest BCUT2D eigenvalue weighted by Gasteiger charge is 2.20. The van der Waals surface area contributed by atoms with E-state index in [1.165, 1.54) is 0 Å². The molecule has 0 saturated carbocycles. The van der Waals surface area contributed by atoms with E-state index >= 15 is 0 Å². The number of aryl methyl sites for hydroxylation is 2. The van der Waals surface area contributed by atoms with Crippen LogP contribution in [0.1, 0.15) is 49.9 Å². The van der Waals surface area contributed by atoms with Crippen molar-refractivity contribution in [2.75, 3.05) is 0 Å². The number of aldehydes is 1. The summed E-state index contributed by atoms with van der Waals surface area (Å²) in [5.41, 5.74) is 2.56. The Balaban J connectivity index is 2.88. The van der Waals surface area contributed by atoms with Gasteiger partial charge in [0.1, 0.15) is 11.9 Å². The van der Waals surface area contributed by atoms with E-state index in [-0.39, 0.29) is 12.5 Å². The van der Waals surface area contributed by atoms with Crippen molar-refractivity contribution in [2.24, 2.45) is 0 Å². The summed E-state index contributed by atoms with van der Waals surface area (Å²) in [6, 6.07) is 5.63. The minimum Gasteiger partial charge on any atom is -0.444 e. The van der Waals surface area contributed by atoms with Gasteiger partial charge in [-0.2, -0.15) is 0 Å². The van der Waals surface area contributed by atoms with E-state index in [9.17, 15) is 9.59 Å². The average Bonchev–Trinajstić information content (AvgIpc) is 2.24. The standard InChI is InChI=1S/C16H23NO3/c1-11-8-12(2)10-13(9-11)14(6-7-18)17-15(19)20-16(3,4)5/h7-10,14H,6H2,1-5H3,(H,17,19)/t14-/m1/s1. The number of amides is 1. The summed E-state index contributed by atoms with van der Waals surface area (Å²) in [5.74, 6) is 0. The second-order valence-corrected chi connectivity index (χ2v) is 6.02. The predicted octanol–water partition coefficient (Wildman–Crippen LogP) is 3.46. The van der Waals surface area contributed by atoms with E-state index in [4.69, 9.17) is 4.74 Å². The van der Waals surface area contributed by atoms with Crippen molar-refractivity contribution in [3.8, 4) is 0 Å². The van der Waals surface area contributed by atoms with Crippen LogP contribution in [-0.4, -0.2) is 18.0 Å². The fourth-order valence-corrected chi connectivity index (χ4v) is 2.04. The molecule has 0 aliphatic carbocycles. The highest BCUT2D eigenvalue weighted by molar-refractivity contribution is 5.69. The Morgan fingerprint density at radius 1 is 1.25 bits per heavy atom. The van der Waals surface area contributed by atoms with Crippen LogP contribution in [0.15, 0.2) is 18.2 Å². The molecular weight excluding hydrogens is 254 g/mol. The van der Waals surface area contributed by atoms with Crippen LogP contribution in [0.5, 0.6) is 0 Å². The Labute approximate surface area is 120 Å². The first-order valence-electron chi connectivity index (χ1n) is 6.72. The van der Waals surface area contributed by atoms with Gasteiger partial charge in [-0.25, -0.2) is 4.79 Å². The molecule has 110 valence electrons. The smallest absolute Gasteiger partial charge is 0.408 e. The van der Waals surface area contributed by atoms with Gasteiger partial charge in [0.05, 0.1) is 6.04 Å². The molecule has 1 amide bonds. The van der Waals surface area contributed by atoms with Gasteiger partial charge in [0.2, 0.25) is 0 Å². The minimum atomic E-state index is -0.557. The molecule has 4 nitrogen and oxygen atoms in total. The van der Waals surface area contributed by atoms with Crippen molar-refractivity contribution in [2.45, 2.75) is 52.7 Å². The maximum Gasteiger partial charge on any atom is 0.408 e. The van der Waals surface area contributed by atoms with Gasteiger partial charge in [-0.3, -0.25) is 0 Å². The lowest BCUT2D eigenvalue weighted by molar-refractivity contribution is -0.108. The molecule has 4 heteroatoms. The SMILES string of the molecule is Cc1cc(C)cc([C@@H](CC=O)NC(=O)OC(C)(C)C)c1. The topological polar surface area (TPSA) is 55.4 Å². The fourth-order valence-electron chi connectivity index (χ4n) is 2.04. The zero-order chi connectivity index (χ0) is 15.3. The van der Waals surface area contributed by atoms with Crippen molar-refractivity contribution in [3.05, 3.63) is 34.9 Å². The van der Waals surface area contributed by atoms with Crippen molar-refractivity contribution >= 4 is 12.4 Å². The quantitative estimate of drug-likeness (QED) is 0.857. The van der Waals surface area contributed by atoms with Gasteiger partial charge in [0, 0.05) is 6.42 Å². The lowest BCUT2D eigenvalue weighted by Gasteiger charge is -2.23. The maximum absolute atomic E-state index is 11.8. The fraction of sp³-hybridized carbons (Fsp3) is 0.500. The summed E-state index contributed by atoms with van der Waals surface area (Å²) in [5, 5.41) is 2.75. The molecule has 0 radical (unpaired) electrons. The Morgan fingerprint density at radius 2 is 1.80 bits per heavy atom. The van der Waals surface area contributed by atoms with Gasteiger partial charge in [-0.05, 0) is 40.2 Å². The van der Waals surface area contributed by atoms with Crippen molar-refractivity contribution in [3.63, 3.8) is 0 Å². The average molecular weight is 277 g/mol. The second-order valence-electron chi connectivity index (χ2n) is 6.02. The van der Waals surface area contributed by atoms with Crippen molar-refractivity contribution < 1.29 is 14.3 Å². The molecule has 1 N–H and O–H groups in total. The second kappa shape index (κ2) is 6.55. The first-order chi connectivity index (χ1) is 9.21. The van der Waals surface area contributed by atoms with Crippen LogP contribution in [0.4, 0.5) is 4.79 Å². The number of benzene rings is 1. The van der Waals surface area contributed by atoms with Crippen LogP contribution < -0.4 is 5.32 Å². The molecule has 0 aliphatic heterocycles. The van der Waals surface area contributed by atoms with Crippen LogP contribution in [-0.2, 0) is 9.53 Å². The maximum atomic E-state index is 11.8. The molecular formula is C16H23NO3. The summed E-state index contributed by atoms with van der Waals surface area (Å²) < 4.78 is 5.23. The lowest BCUT2D eigenvalue weighted by Crippen LogP contribution is -2.35. The summed E-state index contributed by atoms with van der Waals surface area (Å²) in [4.78, 5) is 22.7. The predicted molar refractivity (Wildman–Crippen MR) is 78.7 cm³/mol.